The lowest BCUT2D eigenvalue weighted by Gasteiger charge is -2.35. The van der Waals surface area contributed by atoms with E-state index in [4.69, 9.17) is 0 Å². The smallest absolute Gasteiger partial charge is 0.0693 e. The summed E-state index contributed by atoms with van der Waals surface area (Å²) in [5.41, 5.74) is 1.79. The highest BCUT2D eigenvalue weighted by atomic mass is 16.3. The first-order chi connectivity index (χ1) is 9.99. The SMILES string of the molecule is CC(C)CC(C)(O)C(Cc1ccccc1)c1ccccc1. The summed E-state index contributed by atoms with van der Waals surface area (Å²) in [5.74, 6) is 0.588. The van der Waals surface area contributed by atoms with Gasteiger partial charge >= 0.3 is 0 Å². The monoisotopic (exact) mass is 282 g/mol. The molecule has 1 heteroatoms. The Hall–Kier alpha value is -1.60. The molecular weight excluding hydrogens is 256 g/mol. The van der Waals surface area contributed by atoms with Crippen LogP contribution in [0, 0.1) is 5.92 Å². The lowest BCUT2D eigenvalue weighted by molar-refractivity contribution is 0.0105. The molecule has 0 saturated carbocycles. The van der Waals surface area contributed by atoms with Gasteiger partial charge in [-0.1, -0.05) is 74.5 Å². The zero-order chi connectivity index (χ0) is 15.3. The van der Waals surface area contributed by atoms with Crippen molar-refractivity contribution in [1.29, 1.82) is 0 Å². The highest BCUT2D eigenvalue weighted by molar-refractivity contribution is 5.27. The van der Waals surface area contributed by atoms with Crippen LogP contribution in [-0.2, 0) is 6.42 Å². The van der Waals surface area contributed by atoms with Gasteiger partial charge in [-0.05, 0) is 36.8 Å². The Labute approximate surface area is 128 Å². The number of hydrogen-bond acceptors (Lipinski definition) is 1. The fraction of sp³-hybridized carbons (Fsp3) is 0.400. The Bertz CT molecular complexity index is 528. The molecule has 0 amide bonds. The highest BCUT2D eigenvalue weighted by Gasteiger charge is 2.33. The van der Waals surface area contributed by atoms with Crippen molar-refractivity contribution in [3.63, 3.8) is 0 Å². The first kappa shape index (κ1) is 15.8. The lowest BCUT2D eigenvalue weighted by Crippen LogP contribution is -2.35. The maximum absolute atomic E-state index is 11.1. The molecule has 0 radical (unpaired) electrons. The predicted molar refractivity (Wildman–Crippen MR) is 89.4 cm³/mol. The Balaban J connectivity index is 2.31. The van der Waals surface area contributed by atoms with Crippen molar-refractivity contribution in [2.24, 2.45) is 5.92 Å². The summed E-state index contributed by atoms with van der Waals surface area (Å²) in [5, 5.41) is 11.1. The van der Waals surface area contributed by atoms with Gasteiger partial charge in [-0.2, -0.15) is 0 Å². The van der Waals surface area contributed by atoms with Crippen LogP contribution in [0.2, 0.25) is 0 Å². The van der Waals surface area contributed by atoms with E-state index in [0.29, 0.717) is 5.92 Å². The van der Waals surface area contributed by atoms with Crippen molar-refractivity contribution in [3.8, 4) is 0 Å². The number of hydrogen-bond donors (Lipinski definition) is 1. The predicted octanol–water partition coefficient (Wildman–Crippen LogP) is 4.81. The minimum Gasteiger partial charge on any atom is -0.390 e. The Kier molecular flexibility index (Phi) is 5.19. The van der Waals surface area contributed by atoms with Gasteiger partial charge in [0.15, 0.2) is 0 Å². The standard InChI is InChI=1S/C20H26O/c1-16(2)15-20(3,21)19(18-12-8-5-9-13-18)14-17-10-6-4-7-11-17/h4-13,16,19,21H,14-15H2,1-3H3. The van der Waals surface area contributed by atoms with Crippen LogP contribution in [-0.4, -0.2) is 10.7 Å². The molecule has 0 aliphatic rings. The summed E-state index contributed by atoms with van der Waals surface area (Å²) in [7, 11) is 0. The van der Waals surface area contributed by atoms with E-state index >= 15 is 0 Å². The fourth-order valence-corrected chi connectivity index (χ4v) is 3.20. The molecule has 2 rings (SSSR count). The van der Waals surface area contributed by atoms with Crippen LogP contribution < -0.4 is 0 Å². The van der Waals surface area contributed by atoms with Crippen LogP contribution in [0.1, 0.15) is 44.2 Å². The second-order valence-electron chi connectivity index (χ2n) is 6.61. The van der Waals surface area contributed by atoms with Crippen LogP contribution in [0.15, 0.2) is 60.7 Å². The van der Waals surface area contributed by atoms with Gasteiger partial charge < -0.3 is 5.11 Å². The van der Waals surface area contributed by atoms with Crippen LogP contribution in [0.4, 0.5) is 0 Å². The van der Waals surface area contributed by atoms with Gasteiger partial charge in [0.1, 0.15) is 0 Å². The average molecular weight is 282 g/mol. The van der Waals surface area contributed by atoms with Gasteiger partial charge in [-0.3, -0.25) is 0 Å². The molecule has 0 saturated heterocycles. The Morgan fingerprint density at radius 3 is 1.95 bits per heavy atom. The molecule has 0 spiro atoms. The molecule has 2 atom stereocenters. The van der Waals surface area contributed by atoms with E-state index in [-0.39, 0.29) is 5.92 Å². The molecule has 21 heavy (non-hydrogen) atoms. The molecule has 1 N–H and O–H groups in total. The summed E-state index contributed by atoms with van der Waals surface area (Å²) in [6.07, 6.45) is 1.67. The lowest BCUT2D eigenvalue weighted by atomic mass is 9.75. The summed E-state index contributed by atoms with van der Waals surface area (Å²) in [6, 6.07) is 20.8. The van der Waals surface area contributed by atoms with Gasteiger partial charge in [0.05, 0.1) is 5.60 Å². The van der Waals surface area contributed by atoms with Crippen molar-refractivity contribution >= 4 is 0 Å². The van der Waals surface area contributed by atoms with Crippen LogP contribution in [0.25, 0.3) is 0 Å². The fourth-order valence-electron chi connectivity index (χ4n) is 3.20. The summed E-state index contributed by atoms with van der Waals surface area (Å²) in [6.45, 7) is 6.31. The van der Waals surface area contributed by atoms with E-state index in [9.17, 15) is 5.11 Å². The summed E-state index contributed by atoms with van der Waals surface area (Å²) in [4.78, 5) is 0. The molecule has 0 fully saturated rings. The first-order valence-corrected chi connectivity index (χ1v) is 7.80. The van der Waals surface area contributed by atoms with E-state index in [0.717, 1.165) is 12.8 Å². The Morgan fingerprint density at radius 2 is 1.43 bits per heavy atom. The molecular formula is C20H26O. The van der Waals surface area contributed by atoms with E-state index < -0.39 is 5.60 Å². The van der Waals surface area contributed by atoms with Crippen LogP contribution in [0.5, 0.6) is 0 Å². The molecule has 1 nitrogen and oxygen atoms in total. The highest BCUT2D eigenvalue weighted by Crippen LogP contribution is 2.36. The second-order valence-corrected chi connectivity index (χ2v) is 6.61. The Morgan fingerprint density at radius 1 is 0.905 bits per heavy atom. The van der Waals surface area contributed by atoms with Crippen LogP contribution in [0.3, 0.4) is 0 Å². The number of rotatable bonds is 6. The molecule has 112 valence electrons. The normalized spacial score (nSPS) is 15.7. The zero-order valence-corrected chi connectivity index (χ0v) is 13.3. The van der Waals surface area contributed by atoms with Gasteiger partial charge in [0, 0.05) is 5.92 Å². The third kappa shape index (κ3) is 4.44. The summed E-state index contributed by atoms with van der Waals surface area (Å²) >= 11 is 0. The van der Waals surface area contributed by atoms with Crippen molar-refractivity contribution < 1.29 is 5.11 Å². The topological polar surface area (TPSA) is 20.2 Å². The van der Waals surface area contributed by atoms with Crippen molar-refractivity contribution in [3.05, 3.63) is 71.8 Å². The molecule has 2 aromatic rings. The molecule has 0 aromatic heterocycles. The number of aliphatic hydroxyl groups is 1. The van der Waals surface area contributed by atoms with E-state index in [2.05, 4.69) is 62.4 Å². The van der Waals surface area contributed by atoms with Crippen molar-refractivity contribution in [1.82, 2.24) is 0 Å². The third-order valence-corrected chi connectivity index (χ3v) is 4.06. The average Bonchev–Trinajstić information content (AvgIpc) is 2.45. The van der Waals surface area contributed by atoms with Gasteiger partial charge in [0.2, 0.25) is 0 Å². The molecule has 0 heterocycles. The van der Waals surface area contributed by atoms with Gasteiger partial charge in [-0.25, -0.2) is 0 Å². The largest absolute Gasteiger partial charge is 0.390 e. The molecule has 2 aromatic carbocycles. The number of benzene rings is 2. The third-order valence-electron chi connectivity index (χ3n) is 4.06. The van der Waals surface area contributed by atoms with Crippen molar-refractivity contribution in [2.45, 2.75) is 45.1 Å². The van der Waals surface area contributed by atoms with Gasteiger partial charge in [-0.15, -0.1) is 0 Å². The van der Waals surface area contributed by atoms with Crippen molar-refractivity contribution in [2.75, 3.05) is 0 Å². The minimum atomic E-state index is -0.703. The maximum atomic E-state index is 11.1. The maximum Gasteiger partial charge on any atom is 0.0693 e. The minimum absolute atomic E-state index is 0.114. The molecule has 0 aliphatic heterocycles. The van der Waals surface area contributed by atoms with E-state index in [1.54, 1.807) is 0 Å². The zero-order valence-electron chi connectivity index (χ0n) is 13.3. The molecule has 0 aliphatic carbocycles. The summed E-state index contributed by atoms with van der Waals surface area (Å²) < 4.78 is 0. The van der Waals surface area contributed by atoms with Gasteiger partial charge in [0.25, 0.3) is 0 Å². The van der Waals surface area contributed by atoms with E-state index in [1.807, 2.05) is 19.1 Å². The molecule has 0 bridgehead atoms. The second kappa shape index (κ2) is 6.91. The first-order valence-electron chi connectivity index (χ1n) is 7.80. The molecule has 2 unspecified atom stereocenters. The van der Waals surface area contributed by atoms with E-state index in [1.165, 1.54) is 11.1 Å². The van der Waals surface area contributed by atoms with Crippen LogP contribution >= 0.6 is 0 Å². The quantitative estimate of drug-likeness (QED) is 0.806.